The Balaban J connectivity index is 1.86. The minimum absolute atomic E-state index is 0.0284. The van der Waals surface area contributed by atoms with Gasteiger partial charge in [-0.05, 0) is 36.8 Å². The summed E-state index contributed by atoms with van der Waals surface area (Å²) in [7, 11) is 3.03. The van der Waals surface area contributed by atoms with E-state index in [0.29, 0.717) is 17.1 Å². The van der Waals surface area contributed by atoms with Gasteiger partial charge in [0, 0.05) is 18.2 Å². The van der Waals surface area contributed by atoms with Crippen LogP contribution in [0.4, 0.5) is 13.2 Å². The van der Waals surface area contributed by atoms with Gasteiger partial charge in [0.05, 0.1) is 25.5 Å². The van der Waals surface area contributed by atoms with Crippen molar-refractivity contribution in [3.8, 4) is 22.8 Å². The molecule has 3 rings (SSSR count). The molecule has 0 aliphatic heterocycles. The van der Waals surface area contributed by atoms with Gasteiger partial charge in [-0.3, -0.25) is 4.79 Å². The summed E-state index contributed by atoms with van der Waals surface area (Å²) < 4.78 is 54.7. The number of aromatic nitrogens is 1. The number of methoxy groups -OCH3 is 2. The summed E-state index contributed by atoms with van der Waals surface area (Å²) in [4.78, 5) is 12.8. The Morgan fingerprint density at radius 2 is 1.77 bits per heavy atom. The minimum Gasteiger partial charge on any atom is -0.497 e. The van der Waals surface area contributed by atoms with Crippen LogP contribution in [0.5, 0.6) is 11.5 Å². The molecule has 0 radical (unpaired) electrons. The standard InChI is InChI=1S/C21H19F3N2O4/c1-12-18(19(30-26-12)14-5-4-6-15(9-14)21(22,23)24)20(27)25-11-13-7-16(28-2)10-17(8-13)29-3/h4-10H,11H2,1-3H3,(H,25,27). The van der Waals surface area contributed by atoms with Gasteiger partial charge in [0.25, 0.3) is 5.91 Å². The van der Waals surface area contributed by atoms with Gasteiger partial charge in [0.1, 0.15) is 17.1 Å². The summed E-state index contributed by atoms with van der Waals surface area (Å²) in [6.45, 7) is 1.68. The van der Waals surface area contributed by atoms with Crippen molar-refractivity contribution in [2.45, 2.75) is 19.6 Å². The second-order valence-electron chi connectivity index (χ2n) is 6.45. The second kappa shape index (κ2) is 8.48. The number of amides is 1. The van der Waals surface area contributed by atoms with Crippen LogP contribution in [-0.4, -0.2) is 25.3 Å². The lowest BCUT2D eigenvalue weighted by molar-refractivity contribution is -0.137. The number of ether oxygens (including phenoxy) is 2. The van der Waals surface area contributed by atoms with Gasteiger partial charge in [-0.25, -0.2) is 0 Å². The Morgan fingerprint density at radius 1 is 1.10 bits per heavy atom. The zero-order valence-corrected chi connectivity index (χ0v) is 16.5. The lowest BCUT2D eigenvalue weighted by Crippen LogP contribution is -2.23. The predicted octanol–water partition coefficient (Wildman–Crippen LogP) is 4.62. The molecule has 1 amide bonds. The summed E-state index contributed by atoms with van der Waals surface area (Å²) in [5.74, 6) is 0.566. The fourth-order valence-corrected chi connectivity index (χ4v) is 2.91. The summed E-state index contributed by atoms with van der Waals surface area (Å²) in [6.07, 6.45) is -4.51. The van der Waals surface area contributed by atoms with E-state index in [-0.39, 0.29) is 29.1 Å². The highest BCUT2D eigenvalue weighted by Crippen LogP contribution is 2.34. The maximum absolute atomic E-state index is 13.0. The molecule has 30 heavy (non-hydrogen) atoms. The first kappa shape index (κ1) is 21.2. The number of aryl methyl sites for hydroxylation is 1. The molecule has 158 valence electrons. The number of carbonyl (C=O) groups excluding carboxylic acids is 1. The van der Waals surface area contributed by atoms with Crippen LogP contribution in [0.25, 0.3) is 11.3 Å². The number of alkyl halides is 3. The Morgan fingerprint density at radius 3 is 2.37 bits per heavy atom. The molecule has 1 aromatic heterocycles. The third-order valence-corrected chi connectivity index (χ3v) is 4.41. The third-order valence-electron chi connectivity index (χ3n) is 4.41. The smallest absolute Gasteiger partial charge is 0.416 e. The maximum Gasteiger partial charge on any atom is 0.416 e. The van der Waals surface area contributed by atoms with Crippen LogP contribution in [0.2, 0.25) is 0 Å². The fourth-order valence-electron chi connectivity index (χ4n) is 2.91. The Kier molecular flexibility index (Phi) is 6.00. The minimum atomic E-state index is -4.51. The van der Waals surface area contributed by atoms with Crippen molar-refractivity contribution in [1.82, 2.24) is 10.5 Å². The molecule has 0 fully saturated rings. The highest BCUT2D eigenvalue weighted by Gasteiger charge is 2.31. The number of hydrogen-bond donors (Lipinski definition) is 1. The van der Waals surface area contributed by atoms with E-state index in [2.05, 4.69) is 10.5 Å². The molecule has 1 N–H and O–H groups in total. The molecule has 0 unspecified atom stereocenters. The van der Waals surface area contributed by atoms with Crippen molar-refractivity contribution in [3.05, 3.63) is 64.8 Å². The van der Waals surface area contributed by atoms with Crippen molar-refractivity contribution < 1.29 is 32.0 Å². The van der Waals surface area contributed by atoms with E-state index in [1.807, 2.05) is 0 Å². The van der Waals surface area contributed by atoms with Crippen LogP contribution in [0, 0.1) is 6.92 Å². The van der Waals surface area contributed by atoms with E-state index in [0.717, 1.165) is 12.1 Å². The average molecular weight is 420 g/mol. The van der Waals surface area contributed by atoms with Gasteiger partial charge >= 0.3 is 6.18 Å². The molecule has 0 saturated carbocycles. The third kappa shape index (κ3) is 4.56. The first-order valence-corrected chi connectivity index (χ1v) is 8.87. The van der Waals surface area contributed by atoms with Crippen molar-refractivity contribution in [2.75, 3.05) is 14.2 Å². The predicted molar refractivity (Wildman–Crippen MR) is 102 cm³/mol. The molecule has 0 spiro atoms. The first-order chi connectivity index (χ1) is 14.2. The molecule has 3 aromatic rings. The zero-order chi connectivity index (χ0) is 21.9. The van der Waals surface area contributed by atoms with E-state index in [1.165, 1.54) is 26.4 Å². The maximum atomic E-state index is 13.0. The van der Waals surface area contributed by atoms with Gasteiger partial charge in [0.2, 0.25) is 0 Å². The van der Waals surface area contributed by atoms with Gasteiger partial charge in [-0.1, -0.05) is 17.3 Å². The van der Waals surface area contributed by atoms with Gasteiger partial charge in [-0.15, -0.1) is 0 Å². The Bertz CT molecular complexity index is 1040. The summed E-state index contributed by atoms with van der Waals surface area (Å²) in [5.41, 5.74) is 0.323. The van der Waals surface area contributed by atoms with Crippen molar-refractivity contribution in [1.29, 1.82) is 0 Å². The Labute approximate surface area is 170 Å². The van der Waals surface area contributed by atoms with Crippen LogP contribution in [0.3, 0.4) is 0 Å². The van der Waals surface area contributed by atoms with Crippen molar-refractivity contribution in [3.63, 3.8) is 0 Å². The zero-order valence-electron chi connectivity index (χ0n) is 16.5. The van der Waals surface area contributed by atoms with E-state index < -0.39 is 17.6 Å². The SMILES string of the molecule is COc1cc(CNC(=O)c2c(C)noc2-c2cccc(C(F)(F)F)c2)cc(OC)c1. The monoisotopic (exact) mass is 420 g/mol. The largest absolute Gasteiger partial charge is 0.497 e. The lowest BCUT2D eigenvalue weighted by atomic mass is 10.0. The summed E-state index contributed by atoms with van der Waals surface area (Å²) >= 11 is 0. The lowest BCUT2D eigenvalue weighted by Gasteiger charge is -2.10. The second-order valence-corrected chi connectivity index (χ2v) is 6.45. The van der Waals surface area contributed by atoms with Crippen LogP contribution in [0.15, 0.2) is 47.0 Å². The van der Waals surface area contributed by atoms with E-state index >= 15 is 0 Å². The summed E-state index contributed by atoms with van der Waals surface area (Å²) in [6, 6.07) is 9.71. The van der Waals surface area contributed by atoms with E-state index in [9.17, 15) is 18.0 Å². The highest BCUT2D eigenvalue weighted by atomic mass is 19.4. The molecule has 0 atom stereocenters. The van der Waals surface area contributed by atoms with Crippen LogP contribution in [-0.2, 0) is 12.7 Å². The van der Waals surface area contributed by atoms with Crippen LogP contribution >= 0.6 is 0 Å². The van der Waals surface area contributed by atoms with Crippen molar-refractivity contribution in [2.24, 2.45) is 0 Å². The summed E-state index contributed by atoms with van der Waals surface area (Å²) in [5, 5.41) is 6.49. The van der Waals surface area contributed by atoms with Crippen LogP contribution < -0.4 is 14.8 Å². The number of hydrogen-bond acceptors (Lipinski definition) is 5. The molecule has 0 aliphatic carbocycles. The first-order valence-electron chi connectivity index (χ1n) is 8.87. The number of benzene rings is 2. The molecule has 0 bridgehead atoms. The van der Waals surface area contributed by atoms with Crippen molar-refractivity contribution >= 4 is 5.91 Å². The fraction of sp³-hybridized carbons (Fsp3) is 0.238. The van der Waals surface area contributed by atoms with Crippen LogP contribution in [0.1, 0.15) is 27.2 Å². The number of rotatable bonds is 6. The normalized spacial score (nSPS) is 11.3. The molecule has 9 heteroatoms. The van der Waals surface area contributed by atoms with Gasteiger partial charge < -0.3 is 19.3 Å². The van der Waals surface area contributed by atoms with Gasteiger partial charge in [-0.2, -0.15) is 13.2 Å². The molecular weight excluding hydrogens is 401 g/mol. The number of nitrogens with zero attached hydrogens (tertiary/aromatic N) is 1. The quantitative estimate of drug-likeness (QED) is 0.630. The number of carbonyl (C=O) groups is 1. The van der Waals surface area contributed by atoms with E-state index in [1.54, 1.807) is 25.1 Å². The topological polar surface area (TPSA) is 73.6 Å². The molecular formula is C21H19F3N2O4. The van der Waals surface area contributed by atoms with E-state index in [4.69, 9.17) is 14.0 Å². The number of nitrogens with one attached hydrogen (secondary N) is 1. The molecule has 0 saturated heterocycles. The van der Waals surface area contributed by atoms with Gasteiger partial charge in [0.15, 0.2) is 5.76 Å². The molecule has 1 heterocycles. The number of halogens is 3. The molecule has 0 aliphatic rings. The molecule has 6 nitrogen and oxygen atoms in total. The molecule has 2 aromatic carbocycles. The average Bonchev–Trinajstić information content (AvgIpc) is 3.12. The highest BCUT2D eigenvalue weighted by molar-refractivity contribution is 6.00. The Hall–Kier alpha value is -3.49.